The summed E-state index contributed by atoms with van der Waals surface area (Å²) in [4.78, 5) is 28.9. The second kappa shape index (κ2) is 10.3. The molecule has 0 aliphatic heterocycles. The van der Waals surface area contributed by atoms with Gasteiger partial charge >= 0.3 is 0 Å². The molecule has 3 rings (SSSR count). The van der Waals surface area contributed by atoms with E-state index in [4.69, 9.17) is 0 Å². The number of carbonyl (C=O) groups is 1. The molecule has 2 N–H and O–H groups in total. The zero-order valence-electron chi connectivity index (χ0n) is 19.2. The number of carbonyl (C=O) groups excluding carboxylic acids is 1. The number of alkyl halides is 2. The minimum absolute atomic E-state index is 0.164. The van der Waals surface area contributed by atoms with E-state index in [0.29, 0.717) is 18.7 Å². The topological polar surface area (TPSA) is 88.9 Å². The van der Waals surface area contributed by atoms with Gasteiger partial charge in [0.25, 0.3) is 5.56 Å². The van der Waals surface area contributed by atoms with E-state index in [1.165, 1.54) is 6.20 Å². The summed E-state index contributed by atoms with van der Waals surface area (Å²) in [6.07, 6.45) is 2.73. The van der Waals surface area contributed by atoms with Crippen molar-refractivity contribution >= 4 is 27.5 Å². The summed E-state index contributed by atoms with van der Waals surface area (Å²) in [6.45, 7) is 8.06. The molecule has 180 valence electrons. The van der Waals surface area contributed by atoms with Crippen LogP contribution in [-0.4, -0.2) is 33.1 Å². The van der Waals surface area contributed by atoms with E-state index < -0.39 is 23.9 Å². The lowest BCUT2D eigenvalue weighted by Crippen LogP contribution is -2.51. The molecular formula is C23H30BrF2N5O2. The van der Waals surface area contributed by atoms with Gasteiger partial charge < -0.3 is 10.6 Å². The van der Waals surface area contributed by atoms with Crippen LogP contribution in [0.3, 0.4) is 0 Å². The molecule has 0 radical (unpaired) electrons. The van der Waals surface area contributed by atoms with Crippen molar-refractivity contribution in [1.82, 2.24) is 20.1 Å². The molecule has 0 saturated heterocycles. The SMILES string of the molecule is C[C@@H]1[C@@H](C(F)F)[C@H](Nc2cnn(CC(=O)NCc3ccncc3)c(=O)c2Br)C[C@H](C)C1(C)C. The van der Waals surface area contributed by atoms with Crippen LogP contribution < -0.4 is 16.2 Å². The maximum atomic E-state index is 14.0. The largest absolute Gasteiger partial charge is 0.379 e. The maximum absolute atomic E-state index is 14.0. The molecule has 1 amide bonds. The number of hydrogen-bond donors (Lipinski definition) is 2. The Balaban J connectivity index is 1.72. The highest BCUT2D eigenvalue weighted by Gasteiger charge is 2.49. The number of nitrogens with zero attached hydrogens (tertiary/aromatic N) is 3. The number of aromatic nitrogens is 3. The van der Waals surface area contributed by atoms with Crippen molar-refractivity contribution in [2.75, 3.05) is 5.32 Å². The fourth-order valence-corrected chi connectivity index (χ4v) is 4.88. The van der Waals surface area contributed by atoms with Gasteiger partial charge in [0, 0.05) is 30.9 Å². The van der Waals surface area contributed by atoms with Crippen molar-refractivity contribution < 1.29 is 13.6 Å². The van der Waals surface area contributed by atoms with Crippen LogP contribution in [0.2, 0.25) is 0 Å². The highest BCUT2D eigenvalue weighted by molar-refractivity contribution is 9.10. The molecule has 2 heterocycles. The van der Waals surface area contributed by atoms with E-state index in [0.717, 1.165) is 10.2 Å². The van der Waals surface area contributed by atoms with Gasteiger partial charge in [-0.15, -0.1) is 0 Å². The Kier molecular flexibility index (Phi) is 7.87. The van der Waals surface area contributed by atoms with Gasteiger partial charge in [-0.1, -0.05) is 27.7 Å². The number of amides is 1. The second-order valence-corrected chi connectivity index (χ2v) is 10.2. The fourth-order valence-electron chi connectivity index (χ4n) is 4.46. The summed E-state index contributed by atoms with van der Waals surface area (Å²) in [6, 6.07) is 3.06. The minimum atomic E-state index is -2.49. The fraction of sp³-hybridized carbons (Fsp3) is 0.565. The van der Waals surface area contributed by atoms with Crippen LogP contribution in [0.15, 0.2) is 40.0 Å². The molecule has 1 aliphatic carbocycles. The average molecular weight is 526 g/mol. The molecule has 0 bridgehead atoms. The second-order valence-electron chi connectivity index (χ2n) is 9.38. The van der Waals surface area contributed by atoms with Crippen LogP contribution >= 0.6 is 15.9 Å². The van der Waals surface area contributed by atoms with Gasteiger partial charge in [-0.05, 0) is 57.3 Å². The Morgan fingerprint density at radius 1 is 1.30 bits per heavy atom. The molecule has 1 saturated carbocycles. The summed E-state index contributed by atoms with van der Waals surface area (Å²) in [7, 11) is 0. The molecule has 4 atom stereocenters. The molecule has 2 aromatic rings. The van der Waals surface area contributed by atoms with Crippen LogP contribution in [0.4, 0.5) is 14.5 Å². The van der Waals surface area contributed by atoms with Crippen molar-refractivity contribution in [3.8, 4) is 0 Å². The monoisotopic (exact) mass is 525 g/mol. The van der Waals surface area contributed by atoms with E-state index in [-0.39, 0.29) is 34.2 Å². The van der Waals surface area contributed by atoms with Crippen LogP contribution in [0.25, 0.3) is 0 Å². The summed E-state index contributed by atoms with van der Waals surface area (Å²) in [5.41, 5.74) is 0.502. The summed E-state index contributed by atoms with van der Waals surface area (Å²) in [5.74, 6) is -1.22. The molecule has 7 nitrogen and oxygen atoms in total. The van der Waals surface area contributed by atoms with Gasteiger partial charge in [-0.2, -0.15) is 5.10 Å². The summed E-state index contributed by atoms with van der Waals surface area (Å²) < 4.78 is 29.2. The molecule has 33 heavy (non-hydrogen) atoms. The number of rotatable bonds is 7. The zero-order chi connectivity index (χ0) is 24.3. The highest BCUT2D eigenvalue weighted by atomic mass is 79.9. The van der Waals surface area contributed by atoms with Gasteiger partial charge in [0.05, 0.1) is 11.9 Å². The summed E-state index contributed by atoms with van der Waals surface area (Å²) in [5, 5.41) is 9.96. The van der Waals surface area contributed by atoms with E-state index in [1.54, 1.807) is 24.5 Å². The standard InChI is InChI=1S/C23H30BrF2N5O2/c1-13-9-16(19(21(25)26)14(2)23(13,3)4)30-17-11-29-31(22(33)20(17)24)12-18(32)28-10-15-5-7-27-8-6-15/h5-8,11,13-14,16,19,21,30H,9-10,12H2,1-4H3,(H,28,32)/t13-,14+,16+,19+/m0/s1. The lowest BCUT2D eigenvalue weighted by Gasteiger charge is -2.50. The Morgan fingerprint density at radius 3 is 2.61 bits per heavy atom. The predicted molar refractivity (Wildman–Crippen MR) is 126 cm³/mol. The Morgan fingerprint density at radius 2 is 1.97 bits per heavy atom. The van der Waals surface area contributed by atoms with Crippen LogP contribution in [0, 0.1) is 23.2 Å². The first-order valence-corrected chi connectivity index (χ1v) is 11.8. The van der Waals surface area contributed by atoms with Crippen molar-refractivity contribution in [3.05, 3.63) is 51.1 Å². The van der Waals surface area contributed by atoms with Gasteiger partial charge in [0.2, 0.25) is 12.3 Å². The van der Waals surface area contributed by atoms with Crippen LogP contribution in [0.1, 0.15) is 39.7 Å². The highest BCUT2D eigenvalue weighted by Crippen LogP contribution is 2.50. The molecular weight excluding hydrogens is 496 g/mol. The Labute approximate surface area is 200 Å². The van der Waals surface area contributed by atoms with E-state index in [1.807, 2.05) is 20.8 Å². The molecule has 1 aliphatic rings. The van der Waals surface area contributed by atoms with Gasteiger partial charge in [0.15, 0.2) is 0 Å². The molecule has 10 heteroatoms. The molecule has 0 aromatic carbocycles. The first kappa shape index (κ1) is 25.3. The number of nitrogens with one attached hydrogen (secondary N) is 2. The summed E-state index contributed by atoms with van der Waals surface area (Å²) >= 11 is 3.27. The lowest BCUT2D eigenvalue weighted by atomic mass is 9.58. The smallest absolute Gasteiger partial charge is 0.283 e. The molecule has 0 spiro atoms. The quantitative estimate of drug-likeness (QED) is 0.568. The third-order valence-corrected chi connectivity index (χ3v) is 8.01. The van der Waals surface area contributed by atoms with E-state index >= 15 is 0 Å². The number of hydrogen-bond acceptors (Lipinski definition) is 5. The third-order valence-electron chi connectivity index (χ3n) is 7.24. The number of anilines is 1. The van der Waals surface area contributed by atoms with Crippen molar-refractivity contribution in [2.24, 2.45) is 23.2 Å². The van der Waals surface area contributed by atoms with Crippen molar-refractivity contribution in [1.29, 1.82) is 0 Å². The minimum Gasteiger partial charge on any atom is -0.379 e. The maximum Gasteiger partial charge on any atom is 0.283 e. The normalized spacial score (nSPS) is 24.5. The van der Waals surface area contributed by atoms with Crippen LogP contribution in [-0.2, 0) is 17.9 Å². The predicted octanol–water partition coefficient (Wildman–Crippen LogP) is 4.08. The average Bonchev–Trinajstić information content (AvgIpc) is 2.77. The Hall–Kier alpha value is -2.36. The van der Waals surface area contributed by atoms with Gasteiger partial charge in [0.1, 0.15) is 11.0 Å². The Bertz CT molecular complexity index is 1030. The first-order valence-electron chi connectivity index (χ1n) is 11.0. The van der Waals surface area contributed by atoms with Crippen LogP contribution in [0.5, 0.6) is 0 Å². The van der Waals surface area contributed by atoms with Crippen molar-refractivity contribution in [3.63, 3.8) is 0 Å². The lowest BCUT2D eigenvalue weighted by molar-refractivity contribution is -0.122. The first-order chi connectivity index (χ1) is 15.5. The van der Waals surface area contributed by atoms with Gasteiger partial charge in [-0.3, -0.25) is 14.6 Å². The molecule has 0 unspecified atom stereocenters. The number of halogens is 3. The molecule has 1 fully saturated rings. The molecule has 2 aromatic heterocycles. The van der Waals surface area contributed by atoms with E-state index in [9.17, 15) is 18.4 Å². The van der Waals surface area contributed by atoms with Gasteiger partial charge in [-0.25, -0.2) is 13.5 Å². The number of pyridine rings is 1. The zero-order valence-corrected chi connectivity index (χ0v) is 20.8. The third kappa shape index (κ3) is 5.59. The van der Waals surface area contributed by atoms with Crippen molar-refractivity contribution in [2.45, 2.75) is 59.7 Å². The van der Waals surface area contributed by atoms with E-state index in [2.05, 4.69) is 43.6 Å².